The molecule has 1 amide bonds. The minimum atomic E-state index is -0.513. The van der Waals surface area contributed by atoms with E-state index in [1.165, 1.54) is 17.5 Å². The number of hydrogen-bond acceptors (Lipinski definition) is 8. The van der Waals surface area contributed by atoms with Crippen LogP contribution in [0.2, 0.25) is 0 Å². The molecule has 1 fully saturated rings. The predicted molar refractivity (Wildman–Crippen MR) is 120 cm³/mol. The van der Waals surface area contributed by atoms with Gasteiger partial charge in [-0.3, -0.25) is 9.78 Å². The molecule has 0 spiro atoms. The molecular formula is C21H21N7O2S. The molecule has 5 heterocycles. The third kappa shape index (κ3) is 3.39. The van der Waals surface area contributed by atoms with Gasteiger partial charge in [0.25, 0.3) is 5.91 Å². The lowest BCUT2D eigenvalue weighted by molar-refractivity contribution is 0.100. The average molecular weight is 436 g/mol. The first-order valence-corrected chi connectivity index (χ1v) is 10.7. The number of nitrogens with zero attached hydrogens (tertiary/aromatic N) is 5. The standard InChI is InChI=1S/C21H21N7O2S/c1-12-15(9-14(22)10-25-12)18-19(31-21-16(20(23)29)11-26-28(18)21)13-2-3-24-17(8-13)27-4-6-30-7-5-27/h2-3,8-11H,4-7,22H2,1H3,(H2,23,29). The van der Waals surface area contributed by atoms with Crippen molar-refractivity contribution in [2.75, 3.05) is 36.9 Å². The van der Waals surface area contributed by atoms with E-state index in [9.17, 15) is 4.79 Å². The van der Waals surface area contributed by atoms with Crippen molar-refractivity contribution >= 4 is 33.6 Å². The van der Waals surface area contributed by atoms with E-state index in [1.54, 1.807) is 16.9 Å². The van der Waals surface area contributed by atoms with Crippen molar-refractivity contribution in [2.24, 2.45) is 5.73 Å². The van der Waals surface area contributed by atoms with E-state index in [4.69, 9.17) is 16.2 Å². The maximum Gasteiger partial charge on any atom is 0.253 e. The third-order valence-corrected chi connectivity index (χ3v) is 6.54. The van der Waals surface area contributed by atoms with Crippen molar-refractivity contribution in [3.8, 4) is 21.7 Å². The summed E-state index contributed by atoms with van der Waals surface area (Å²) in [5, 5.41) is 4.46. The van der Waals surface area contributed by atoms with Crippen molar-refractivity contribution in [1.29, 1.82) is 0 Å². The summed E-state index contributed by atoms with van der Waals surface area (Å²) in [6.07, 6.45) is 4.93. The van der Waals surface area contributed by atoms with Crippen LogP contribution in [0.4, 0.5) is 11.5 Å². The van der Waals surface area contributed by atoms with Crippen molar-refractivity contribution in [3.05, 3.63) is 48.0 Å². The van der Waals surface area contributed by atoms with Gasteiger partial charge in [-0.25, -0.2) is 9.50 Å². The summed E-state index contributed by atoms with van der Waals surface area (Å²) in [6, 6.07) is 5.89. The Kier molecular flexibility index (Phi) is 4.79. The zero-order valence-corrected chi connectivity index (χ0v) is 17.7. The molecule has 0 atom stereocenters. The fourth-order valence-corrected chi connectivity index (χ4v) is 4.97. The van der Waals surface area contributed by atoms with Gasteiger partial charge >= 0.3 is 0 Å². The first kappa shape index (κ1) is 19.5. The lowest BCUT2D eigenvalue weighted by atomic mass is 10.1. The van der Waals surface area contributed by atoms with Gasteiger partial charge < -0.3 is 21.1 Å². The van der Waals surface area contributed by atoms with Gasteiger partial charge in [0.1, 0.15) is 10.6 Å². The van der Waals surface area contributed by atoms with E-state index >= 15 is 0 Å². The quantitative estimate of drug-likeness (QED) is 0.504. The summed E-state index contributed by atoms with van der Waals surface area (Å²) in [5.41, 5.74) is 16.0. The second kappa shape index (κ2) is 7.64. The van der Waals surface area contributed by atoms with E-state index < -0.39 is 5.91 Å². The smallest absolute Gasteiger partial charge is 0.253 e. The van der Waals surface area contributed by atoms with Crippen molar-refractivity contribution in [3.63, 3.8) is 0 Å². The molecule has 1 aliphatic heterocycles. The lowest BCUT2D eigenvalue weighted by Crippen LogP contribution is -2.36. The Hall–Kier alpha value is -3.50. The Labute approximate surface area is 182 Å². The number of nitrogen functional groups attached to an aromatic ring is 1. The molecule has 9 nitrogen and oxygen atoms in total. The van der Waals surface area contributed by atoms with Crippen LogP contribution in [0, 0.1) is 6.92 Å². The molecule has 4 aromatic heterocycles. The Bertz CT molecular complexity index is 1290. The van der Waals surface area contributed by atoms with Gasteiger partial charge in [0.2, 0.25) is 0 Å². The van der Waals surface area contributed by atoms with Crippen LogP contribution in [-0.4, -0.2) is 51.8 Å². The molecule has 0 aromatic carbocycles. The maximum absolute atomic E-state index is 12.0. The third-order valence-electron chi connectivity index (χ3n) is 5.32. The molecule has 0 radical (unpaired) electrons. The van der Waals surface area contributed by atoms with E-state index in [2.05, 4.69) is 26.0 Å². The number of morpholine rings is 1. The minimum absolute atomic E-state index is 0.384. The molecule has 158 valence electrons. The fourth-order valence-electron chi connectivity index (χ4n) is 3.75. The maximum atomic E-state index is 12.0. The van der Waals surface area contributed by atoms with Gasteiger partial charge in [-0.05, 0) is 30.7 Å². The highest BCUT2D eigenvalue weighted by Crippen LogP contribution is 2.42. The summed E-state index contributed by atoms with van der Waals surface area (Å²) < 4.78 is 7.21. The van der Waals surface area contributed by atoms with Gasteiger partial charge in [-0.2, -0.15) is 5.10 Å². The lowest BCUT2D eigenvalue weighted by Gasteiger charge is -2.28. The van der Waals surface area contributed by atoms with Crippen LogP contribution < -0.4 is 16.4 Å². The Morgan fingerprint density at radius 2 is 2.00 bits per heavy atom. The molecule has 5 rings (SSSR count). The summed E-state index contributed by atoms with van der Waals surface area (Å²) in [7, 11) is 0. The van der Waals surface area contributed by atoms with Gasteiger partial charge in [-0.1, -0.05) is 0 Å². The van der Waals surface area contributed by atoms with Crippen LogP contribution in [0.15, 0.2) is 36.8 Å². The van der Waals surface area contributed by atoms with Crippen LogP contribution in [0.1, 0.15) is 16.1 Å². The summed E-state index contributed by atoms with van der Waals surface area (Å²) >= 11 is 1.46. The highest BCUT2D eigenvalue weighted by atomic mass is 32.1. The molecule has 4 N–H and O–H groups in total. The average Bonchev–Trinajstić information content (AvgIpc) is 3.35. The number of aromatic nitrogens is 4. The first-order valence-electron chi connectivity index (χ1n) is 9.85. The molecule has 1 aliphatic rings. The summed E-state index contributed by atoms with van der Waals surface area (Å²) in [5.74, 6) is 0.371. The molecule has 1 saturated heterocycles. The first-order chi connectivity index (χ1) is 15.0. The van der Waals surface area contributed by atoms with Crippen LogP contribution in [-0.2, 0) is 4.74 Å². The number of aryl methyl sites for hydroxylation is 1. The normalized spacial score (nSPS) is 14.3. The zero-order chi connectivity index (χ0) is 21.5. The SMILES string of the molecule is Cc1ncc(N)cc1-c1c(-c2ccnc(N3CCOCC3)c2)sc2c(C(N)=O)cnn12. The number of pyridine rings is 2. The predicted octanol–water partition coefficient (Wildman–Crippen LogP) is 2.35. The molecule has 0 bridgehead atoms. The van der Waals surface area contributed by atoms with Gasteiger partial charge in [-0.15, -0.1) is 11.3 Å². The molecule has 0 saturated carbocycles. The number of anilines is 2. The van der Waals surface area contributed by atoms with Crippen molar-refractivity contribution < 1.29 is 9.53 Å². The molecule has 31 heavy (non-hydrogen) atoms. The number of primary amides is 1. The highest BCUT2D eigenvalue weighted by Gasteiger charge is 2.24. The monoisotopic (exact) mass is 435 g/mol. The van der Waals surface area contributed by atoms with Gasteiger partial charge in [0.15, 0.2) is 0 Å². The van der Waals surface area contributed by atoms with Crippen LogP contribution in [0.5, 0.6) is 0 Å². The van der Waals surface area contributed by atoms with Crippen LogP contribution in [0.3, 0.4) is 0 Å². The van der Waals surface area contributed by atoms with E-state index in [0.29, 0.717) is 29.3 Å². The Morgan fingerprint density at radius 1 is 1.19 bits per heavy atom. The molecule has 4 aromatic rings. The highest BCUT2D eigenvalue weighted by molar-refractivity contribution is 7.21. The number of nitrogens with two attached hydrogens (primary N) is 2. The number of hydrogen-bond donors (Lipinski definition) is 2. The van der Waals surface area contributed by atoms with Crippen molar-refractivity contribution in [2.45, 2.75) is 6.92 Å². The number of rotatable bonds is 4. The molecule has 0 unspecified atom stereocenters. The van der Waals surface area contributed by atoms with E-state index in [-0.39, 0.29) is 0 Å². The Morgan fingerprint density at radius 3 is 2.77 bits per heavy atom. The minimum Gasteiger partial charge on any atom is -0.397 e. The molecule has 0 aliphatic carbocycles. The number of fused-ring (bicyclic) bond motifs is 1. The van der Waals surface area contributed by atoms with Crippen LogP contribution >= 0.6 is 11.3 Å². The topological polar surface area (TPSA) is 125 Å². The number of carbonyl (C=O) groups is 1. The van der Waals surface area contributed by atoms with Crippen molar-refractivity contribution in [1.82, 2.24) is 19.6 Å². The molecule has 10 heteroatoms. The van der Waals surface area contributed by atoms with Gasteiger partial charge in [0.05, 0.1) is 47.4 Å². The largest absolute Gasteiger partial charge is 0.397 e. The second-order valence-electron chi connectivity index (χ2n) is 7.32. The van der Waals surface area contributed by atoms with E-state index in [1.807, 2.05) is 19.1 Å². The number of thiazole rings is 1. The molecular weight excluding hydrogens is 414 g/mol. The number of carbonyl (C=O) groups excluding carboxylic acids is 1. The van der Waals surface area contributed by atoms with E-state index in [0.717, 1.165) is 46.3 Å². The fraction of sp³-hybridized carbons (Fsp3) is 0.238. The number of amides is 1. The van der Waals surface area contributed by atoms with Crippen LogP contribution in [0.25, 0.3) is 26.5 Å². The Balaban J connectivity index is 1.73. The van der Waals surface area contributed by atoms with Gasteiger partial charge in [0, 0.05) is 30.5 Å². The zero-order valence-electron chi connectivity index (χ0n) is 16.9. The second-order valence-corrected chi connectivity index (χ2v) is 8.32. The summed E-state index contributed by atoms with van der Waals surface area (Å²) in [6.45, 7) is 4.87. The summed E-state index contributed by atoms with van der Waals surface area (Å²) in [4.78, 5) is 24.8. The number of ether oxygens (including phenoxy) is 1.